The molecule has 0 unspecified atom stereocenters. The molecule has 1 fully saturated rings. The van der Waals surface area contributed by atoms with Crippen LogP contribution in [0, 0.1) is 0 Å². The van der Waals surface area contributed by atoms with E-state index in [1.165, 1.54) is 5.56 Å². The van der Waals surface area contributed by atoms with Crippen LogP contribution in [-0.4, -0.2) is 36.2 Å². The van der Waals surface area contributed by atoms with Crippen LogP contribution in [0.1, 0.15) is 24.0 Å². The molecule has 25 heavy (non-hydrogen) atoms. The summed E-state index contributed by atoms with van der Waals surface area (Å²) >= 11 is 0. The standard InChI is InChI=1S/C20H22N2O3/c1-21-18-5-3-2-4-17(18)20(25-19(21)24)10-12-22(13-11-20)14-15-6-8-16(23)9-7-15/h2-9,23H,10-14H2,1H3. The zero-order chi connectivity index (χ0) is 17.4. The lowest BCUT2D eigenvalue weighted by Crippen LogP contribution is -2.50. The van der Waals surface area contributed by atoms with Gasteiger partial charge >= 0.3 is 6.09 Å². The number of carbonyl (C=O) groups is 1. The molecule has 130 valence electrons. The summed E-state index contributed by atoms with van der Waals surface area (Å²) in [5.74, 6) is 0.288. The molecule has 0 aliphatic carbocycles. The normalized spacial score (nSPS) is 19.6. The van der Waals surface area contributed by atoms with E-state index in [1.54, 1.807) is 24.1 Å². The molecule has 1 amide bonds. The lowest BCUT2D eigenvalue weighted by molar-refractivity contribution is -0.0428. The number of rotatable bonds is 2. The average molecular weight is 338 g/mol. The summed E-state index contributed by atoms with van der Waals surface area (Å²) in [6.07, 6.45) is 1.31. The molecule has 5 heteroatoms. The van der Waals surface area contributed by atoms with Crippen molar-refractivity contribution in [2.24, 2.45) is 0 Å². The number of phenolic OH excluding ortho intramolecular Hbond substituents is 1. The Morgan fingerprint density at radius 3 is 2.48 bits per heavy atom. The Kier molecular flexibility index (Phi) is 3.88. The number of carbonyl (C=O) groups excluding carboxylic acids is 1. The third-order valence-electron chi connectivity index (χ3n) is 5.32. The molecule has 5 nitrogen and oxygen atoms in total. The summed E-state index contributed by atoms with van der Waals surface area (Å²) < 4.78 is 5.90. The number of amides is 1. The highest BCUT2D eigenvalue weighted by Gasteiger charge is 2.45. The summed E-state index contributed by atoms with van der Waals surface area (Å²) in [6.45, 7) is 2.57. The van der Waals surface area contributed by atoms with Crippen LogP contribution in [0.15, 0.2) is 48.5 Å². The first-order valence-corrected chi connectivity index (χ1v) is 8.64. The third kappa shape index (κ3) is 2.85. The van der Waals surface area contributed by atoms with Crippen molar-refractivity contribution in [2.45, 2.75) is 25.0 Å². The van der Waals surface area contributed by atoms with Crippen molar-refractivity contribution >= 4 is 11.8 Å². The SMILES string of the molecule is CN1C(=O)OC2(CCN(Cc3ccc(O)cc3)CC2)c2ccccc21. The molecule has 2 aromatic carbocycles. The van der Waals surface area contributed by atoms with Crippen molar-refractivity contribution in [3.05, 3.63) is 59.7 Å². The number of para-hydroxylation sites is 1. The molecule has 2 heterocycles. The lowest BCUT2D eigenvalue weighted by atomic mass is 9.82. The number of aromatic hydroxyl groups is 1. The maximum atomic E-state index is 12.3. The molecule has 4 rings (SSSR count). The number of likely N-dealkylation sites (tertiary alicyclic amines) is 1. The van der Waals surface area contributed by atoms with Crippen molar-refractivity contribution in [3.63, 3.8) is 0 Å². The monoisotopic (exact) mass is 338 g/mol. The quantitative estimate of drug-likeness (QED) is 0.911. The van der Waals surface area contributed by atoms with Gasteiger partial charge in [0.05, 0.1) is 5.69 Å². The van der Waals surface area contributed by atoms with Crippen molar-refractivity contribution in [1.82, 2.24) is 4.90 Å². The van der Waals surface area contributed by atoms with Crippen LogP contribution >= 0.6 is 0 Å². The Labute approximate surface area is 147 Å². The second kappa shape index (κ2) is 6.08. The van der Waals surface area contributed by atoms with Crippen LogP contribution in [0.2, 0.25) is 0 Å². The minimum Gasteiger partial charge on any atom is -0.508 e. The van der Waals surface area contributed by atoms with Gasteiger partial charge in [0.15, 0.2) is 0 Å². The smallest absolute Gasteiger partial charge is 0.414 e. The van der Waals surface area contributed by atoms with E-state index in [4.69, 9.17) is 4.74 Å². The molecule has 0 radical (unpaired) electrons. The van der Waals surface area contributed by atoms with E-state index in [-0.39, 0.29) is 11.8 Å². The highest BCUT2D eigenvalue weighted by atomic mass is 16.6. The fraction of sp³-hybridized carbons (Fsp3) is 0.350. The summed E-state index contributed by atoms with van der Waals surface area (Å²) in [5, 5.41) is 9.40. The number of anilines is 1. The van der Waals surface area contributed by atoms with E-state index in [9.17, 15) is 9.90 Å². The van der Waals surface area contributed by atoms with Crippen molar-refractivity contribution in [2.75, 3.05) is 25.0 Å². The third-order valence-corrected chi connectivity index (χ3v) is 5.32. The minimum absolute atomic E-state index is 0.273. The molecule has 2 aliphatic heterocycles. The predicted molar refractivity (Wildman–Crippen MR) is 95.6 cm³/mol. The Bertz CT molecular complexity index is 780. The molecule has 0 bridgehead atoms. The molecule has 2 aromatic rings. The van der Waals surface area contributed by atoms with Crippen molar-refractivity contribution in [1.29, 1.82) is 0 Å². The van der Waals surface area contributed by atoms with Crippen LogP contribution in [0.3, 0.4) is 0 Å². The molecule has 1 N–H and O–H groups in total. The number of hydrogen-bond acceptors (Lipinski definition) is 4. The number of benzene rings is 2. The largest absolute Gasteiger partial charge is 0.508 e. The van der Waals surface area contributed by atoms with Crippen molar-refractivity contribution < 1.29 is 14.6 Å². The van der Waals surface area contributed by atoms with Gasteiger partial charge in [0.2, 0.25) is 0 Å². The van der Waals surface area contributed by atoms with Gasteiger partial charge in [-0.25, -0.2) is 4.79 Å². The molecule has 0 aromatic heterocycles. The zero-order valence-electron chi connectivity index (χ0n) is 14.3. The maximum absolute atomic E-state index is 12.3. The number of nitrogens with zero attached hydrogens (tertiary/aromatic N) is 2. The second-order valence-corrected chi connectivity index (χ2v) is 6.88. The first-order valence-electron chi connectivity index (χ1n) is 8.64. The summed E-state index contributed by atoms with van der Waals surface area (Å²) in [5.41, 5.74) is 2.73. The lowest BCUT2D eigenvalue weighted by Gasteiger charge is -2.46. The van der Waals surface area contributed by atoms with Crippen molar-refractivity contribution in [3.8, 4) is 5.75 Å². The Morgan fingerprint density at radius 1 is 1.08 bits per heavy atom. The average Bonchev–Trinajstić information content (AvgIpc) is 2.64. The first kappa shape index (κ1) is 16.0. The molecule has 1 spiro atoms. The van der Waals surface area contributed by atoms with E-state index in [0.29, 0.717) is 0 Å². The minimum atomic E-state index is -0.508. The number of piperidine rings is 1. The van der Waals surface area contributed by atoms with E-state index in [0.717, 1.165) is 43.7 Å². The Morgan fingerprint density at radius 2 is 1.76 bits per heavy atom. The van der Waals surface area contributed by atoms with Gasteiger partial charge in [0.25, 0.3) is 0 Å². The summed E-state index contributed by atoms with van der Waals surface area (Å²) in [7, 11) is 1.76. The van der Waals surface area contributed by atoms with Crippen LogP contribution in [-0.2, 0) is 16.9 Å². The van der Waals surface area contributed by atoms with Gasteiger partial charge in [-0.05, 0) is 23.8 Å². The fourth-order valence-corrected chi connectivity index (χ4v) is 3.84. The number of ether oxygens (including phenoxy) is 1. The number of fused-ring (bicyclic) bond motifs is 2. The maximum Gasteiger partial charge on any atom is 0.414 e. The molecule has 1 saturated heterocycles. The molecular formula is C20H22N2O3. The number of phenols is 1. The van der Waals surface area contributed by atoms with E-state index >= 15 is 0 Å². The van der Waals surface area contributed by atoms with Gasteiger partial charge in [0.1, 0.15) is 11.4 Å². The summed E-state index contributed by atoms with van der Waals surface area (Å²) in [6, 6.07) is 15.4. The highest BCUT2D eigenvalue weighted by molar-refractivity contribution is 5.91. The van der Waals surface area contributed by atoms with Crippen LogP contribution in [0.25, 0.3) is 0 Å². The van der Waals surface area contributed by atoms with Gasteiger partial charge in [0, 0.05) is 45.1 Å². The highest BCUT2D eigenvalue weighted by Crippen LogP contribution is 2.45. The molecular weight excluding hydrogens is 316 g/mol. The van der Waals surface area contributed by atoms with Gasteiger partial charge in [-0.1, -0.05) is 30.3 Å². The molecule has 2 aliphatic rings. The predicted octanol–water partition coefficient (Wildman–Crippen LogP) is 3.47. The second-order valence-electron chi connectivity index (χ2n) is 6.88. The van der Waals surface area contributed by atoms with Gasteiger partial charge in [-0.15, -0.1) is 0 Å². The Hall–Kier alpha value is -2.53. The number of hydrogen-bond donors (Lipinski definition) is 1. The van der Waals surface area contributed by atoms with Crippen LogP contribution in [0.4, 0.5) is 10.5 Å². The van der Waals surface area contributed by atoms with E-state index in [1.807, 2.05) is 30.3 Å². The first-order chi connectivity index (χ1) is 12.1. The molecule has 0 saturated carbocycles. The van der Waals surface area contributed by atoms with E-state index in [2.05, 4.69) is 11.0 Å². The molecule has 0 atom stereocenters. The Balaban J connectivity index is 1.52. The topological polar surface area (TPSA) is 53.0 Å². The van der Waals surface area contributed by atoms with Gasteiger partial charge in [-0.3, -0.25) is 9.80 Å². The fourth-order valence-electron chi connectivity index (χ4n) is 3.84. The summed E-state index contributed by atoms with van der Waals surface area (Å²) in [4.78, 5) is 16.3. The van der Waals surface area contributed by atoms with E-state index < -0.39 is 5.60 Å². The van der Waals surface area contributed by atoms with Gasteiger partial charge < -0.3 is 9.84 Å². The van der Waals surface area contributed by atoms with Gasteiger partial charge in [-0.2, -0.15) is 0 Å². The van der Waals surface area contributed by atoms with Crippen LogP contribution in [0.5, 0.6) is 5.75 Å². The zero-order valence-corrected chi connectivity index (χ0v) is 14.3. The van der Waals surface area contributed by atoms with Crippen LogP contribution < -0.4 is 4.90 Å².